The quantitative estimate of drug-likeness (QED) is 0.544. The van der Waals surface area contributed by atoms with Gasteiger partial charge in [-0.2, -0.15) is 0 Å². The number of hydrogen-bond acceptors (Lipinski definition) is 1. The molecule has 2 heteroatoms. The maximum atomic E-state index is 5.76. The summed E-state index contributed by atoms with van der Waals surface area (Å²) in [5.41, 5.74) is 0. The van der Waals surface area contributed by atoms with Gasteiger partial charge in [-0.1, -0.05) is 35.9 Å². The predicted octanol–water partition coefficient (Wildman–Crippen LogP) is 4.67. The van der Waals surface area contributed by atoms with Crippen LogP contribution >= 0.6 is 11.6 Å². The molecule has 0 aliphatic carbocycles. The third-order valence-electron chi connectivity index (χ3n) is 1.79. The van der Waals surface area contributed by atoms with Gasteiger partial charge in [-0.25, -0.2) is 0 Å². The molecule has 1 aromatic carbocycles. The number of ether oxygens (including phenoxy) is 1. The van der Waals surface area contributed by atoms with Crippen molar-refractivity contribution >= 4 is 11.6 Å². The first-order valence-corrected chi connectivity index (χ1v) is 5.50. The van der Waals surface area contributed by atoms with Gasteiger partial charge >= 0.3 is 0 Å². The van der Waals surface area contributed by atoms with Crippen LogP contribution in [0.3, 0.4) is 0 Å². The number of rotatable bonds is 4. The van der Waals surface area contributed by atoms with Gasteiger partial charge in [0.2, 0.25) is 0 Å². The standard InChI is InChI=1S/C14H15ClO/c1-3-7-13(11-10-12(2)15)16-14-8-5-4-6-9-14/h3-11H,1-2H3/b7-3?,12-10+,13-11+. The normalized spacial score (nSPS) is 13.2. The van der Waals surface area contributed by atoms with Crippen LogP contribution in [0.5, 0.6) is 5.75 Å². The topological polar surface area (TPSA) is 9.23 Å². The number of benzene rings is 1. The highest BCUT2D eigenvalue weighted by atomic mass is 35.5. The molecule has 0 bridgehead atoms. The molecule has 0 saturated carbocycles. The van der Waals surface area contributed by atoms with E-state index in [-0.39, 0.29) is 0 Å². The molecule has 0 fully saturated rings. The van der Waals surface area contributed by atoms with Crippen LogP contribution in [0, 0.1) is 0 Å². The van der Waals surface area contributed by atoms with Gasteiger partial charge < -0.3 is 4.74 Å². The van der Waals surface area contributed by atoms with Crippen molar-refractivity contribution in [2.24, 2.45) is 0 Å². The number of allylic oxidation sites excluding steroid dienone is 5. The van der Waals surface area contributed by atoms with Gasteiger partial charge in [0, 0.05) is 5.03 Å². The molecule has 0 aliphatic heterocycles. The average molecular weight is 235 g/mol. The van der Waals surface area contributed by atoms with E-state index in [1.165, 1.54) is 0 Å². The van der Waals surface area contributed by atoms with E-state index in [4.69, 9.17) is 16.3 Å². The van der Waals surface area contributed by atoms with Crippen LogP contribution in [0.2, 0.25) is 0 Å². The minimum absolute atomic E-state index is 0.721. The van der Waals surface area contributed by atoms with E-state index < -0.39 is 0 Å². The fourth-order valence-corrected chi connectivity index (χ4v) is 1.17. The summed E-state index contributed by atoms with van der Waals surface area (Å²) in [5, 5.41) is 0.721. The van der Waals surface area contributed by atoms with Crippen molar-refractivity contribution < 1.29 is 4.74 Å². The van der Waals surface area contributed by atoms with Crippen molar-refractivity contribution in [3.8, 4) is 5.75 Å². The molecular formula is C14H15ClO. The summed E-state index contributed by atoms with van der Waals surface area (Å²) in [4.78, 5) is 0. The second kappa shape index (κ2) is 6.91. The third-order valence-corrected chi connectivity index (χ3v) is 1.91. The van der Waals surface area contributed by atoms with Crippen LogP contribution in [0.15, 0.2) is 65.4 Å². The molecule has 0 saturated heterocycles. The maximum Gasteiger partial charge on any atom is 0.127 e. The van der Waals surface area contributed by atoms with Crippen LogP contribution in [0.1, 0.15) is 13.8 Å². The van der Waals surface area contributed by atoms with Crippen LogP contribution in [-0.4, -0.2) is 0 Å². The van der Waals surface area contributed by atoms with Crippen LogP contribution in [-0.2, 0) is 0 Å². The number of para-hydroxylation sites is 1. The van der Waals surface area contributed by atoms with Gasteiger partial charge in [-0.05, 0) is 44.2 Å². The lowest BCUT2D eigenvalue weighted by Gasteiger charge is -2.05. The Labute approximate surface area is 102 Å². The number of halogens is 1. The monoisotopic (exact) mass is 234 g/mol. The molecule has 16 heavy (non-hydrogen) atoms. The summed E-state index contributed by atoms with van der Waals surface area (Å²) in [6.45, 7) is 3.77. The van der Waals surface area contributed by atoms with E-state index >= 15 is 0 Å². The summed E-state index contributed by atoms with van der Waals surface area (Å²) in [6.07, 6.45) is 7.46. The summed E-state index contributed by atoms with van der Waals surface area (Å²) in [7, 11) is 0. The van der Waals surface area contributed by atoms with Gasteiger partial charge in [-0.3, -0.25) is 0 Å². The Kier molecular flexibility index (Phi) is 5.44. The van der Waals surface area contributed by atoms with Crippen molar-refractivity contribution in [3.63, 3.8) is 0 Å². The molecule has 1 nitrogen and oxygen atoms in total. The summed E-state index contributed by atoms with van der Waals surface area (Å²) >= 11 is 5.76. The summed E-state index contributed by atoms with van der Waals surface area (Å²) in [5.74, 6) is 1.57. The first-order valence-electron chi connectivity index (χ1n) is 5.12. The maximum absolute atomic E-state index is 5.76. The number of hydrogen-bond donors (Lipinski definition) is 0. The second-order valence-corrected chi connectivity index (χ2v) is 3.83. The predicted molar refractivity (Wildman–Crippen MR) is 69.6 cm³/mol. The van der Waals surface area contributed by atoms with Gasteiger partial charge in [0.1, 0.15) is 11.5 Å². The fraction of sp³-hybridized carbons (Fsp3) is 0.143. The molecule has 0 spiro atoms. The molecule has 84 valence electrons. The third kappa shape index (κ3) is 4.85. The first-order chi connectivity index (χ1) is 7.72. The van der Waals surface area contributed by atoms with Crippen molar-refractivity contribution in [1.82, 2.24) is 0 Å². The smallest absolute Gasteiger partial charge is 0.127 e. The van der Waals surface area contributed by atoms with Crippen molar-refractivity contribution in [3.05, 3.63) is 65.4 Å². The van der Waals surface area contributed by atoms with Crippen molar-refractivity contribution in [1.29, 1.82) is 0 Å². The average Bonchev–Trinajstić information content (AvgIpc) is 2.27. The molecule has 0 radical (unpaired) electrons. The molecule has 1 aromatic rings. The van der Waals surface area contributed by atoms with Crippen LogP contribution in [0.25, 0.3) is 0 Å². The van der Waals surface area contributed by atoms with Gasteiger partial charge in [0.15, 0.2) is 0 Å². The minimum Gasteiger partial charge on any atom is -0.457 e. The molecule has 0 heterocycles. The van der Waals surface area contributed by atoms with Crippen LogP contribution in [0.4, 0.5) is 0 Å². The molecule has 0 atom stereocenters. The van der Waals surface area contributed by atoms with E-state index in [1.54, 1.807) is 6.08 Å². The zero-order chi connectivity index (χ0) is 11.8. The molecule has 1 rings (SSSR count). The Bertz CT molecular complexity index is 398. The summed E-state index contributed by atoms with van der Waals surface area (Å²) < 4.78 is 5.68. The molecule has 0 aromatic heterocycles. The van der Waals surface area contributed by atoms with E-state index in [0.717, 1.165) is 16.5 Å². The van der Waals surface area contributed by atoms with Gasteiger partial charge in [0.25, 0.3) is 0 Å². The molecule has 0 aliphatic rings. The lowest BCUT2D eigenvalue weighted by Crippen LogP contribution is -1.91. The highest BCUT2D eigenvalue weighted by Gasteiger charge is 1.94. The molecule has 0 amide bonds. The van der Waals surface area contributed by atoms with E-state index in [9.17, 15) is 0 Å². The largest absolute Gasteiger partial charge is 0.457 e. The lowest BCUT2D eigenvalue weighted by molar-refractivity contribution is 0.444. The summed E-state index contributed by atoms with van der Waals surface area (Å²) in [6, 6.07) is 9.65. The van der Waals surface area contributed by atoms with E-state index in [2.05, 4.69) is 0 Å². The van der Waals surface area contributed by atoms with Crippen LogP contribution < -0.4 is 4.74 Å². The SMILES string of the molecule is CC=C/C(=C\C=C(/C)Cl)Oc1ccccc1. The zero-order valence-electron chi connectivity index (χ0n) is 9.48. The highest BCUT2D eigenvalue weighted by molar-refractivity contribution is 6.29. The van der Waals surface area contributed by atoms with Gasteiger partial charge in [0.05, 0.1) is 0 Å². The molecular weight excluding hydrogens is 220 g/mol. The first kappa shape index (κ1) is 12.6. The Morgan fingerprint density at radius 1 is 1.19 bits per heavy atom. The van der Waals surface area contributed by atoms with Gasteiger partial charge in [-0.15, -0.1) is 0 Å². The molecule has 0 N–H and O–H groups in total. The van der Waals surface area contributed by atoms with E-state index in [0.29, 0.717) is 0 Å². The molecule has 0 unspecified atom stereocenters. The second-order valence-electron chi connectivity index (χ2n) is 3.24. The fourth-order valence-electron chi connectivity index (χ4n) is 1.11. The minimum atomic E-state index is 0.721. The highest BCUT2D eigenvalue weighted by Crippen LogP contribution is 2.14. The van der Waals surface area contributed by atoms with Crippen molar-refractivity contribution in [2.75, 3.05) is 0 Å². The Balaban J connectivity index is 2.81. The Morgan fingerprint density at radius 2 is 1.88 bits per heavy atom. The van der Waals surface area contributed by atoms with Crippen molar-refractivity contribution in [2.45, 2.75) is 13.8 Å². The van der Waals surface area contributed by atoms with E-state index in [1.807, 2.05) is 62.4 Å². The lowest BCUT2D eigenvalue weighted by atomic mass is 10.3. The zero-order valence-corrected chi connectivity index (χ0v) is 10.2. The Hall–Kier alpha value is -1.47. The Morgan fingerprint density at radius 3 is 2.44 bits per heavy atom.